The Labute approximate surface area is 180 Å². The number of fused-ring (bicyclic) bond motifs is 5. The van der Waals surface area contributed by atoms with Gasteiger partial charge >= 0.3 is 18.4 Å². The number of amides is 1. The molecule has 9 nitrogen and oxygen atoms in total. The smallest absolute Gasteiger partial charge is 0.426 e. The monoisotopic (exact) mass is 482 g/mol. The second-order valence-electron chi connectivity index (χ2n) is 7.32. The molecule has 3 heterocycles. The van der Waals surface area contributed by atoms with Crippen molar-refractivity contribution in [1.82, 2.24) is 15.2 Å². The van der Waals surface area contributed by atoms with Crippen LogP contribution in [0.4, 0.5) is 36.8 Å². The zero-order chi connectivity index (χ0) is 24.6. The Balaban J connectivity index is 2.28. The summed E-state index contributed by atoms with van der Waals surface area (Å²) in [5.74, 6) is -3.22. The molecule has 0 spiro atoms. The highest BCUT2D eigenvalue weighted by Crippen LogP contribution is 2.44. The summed E-state index contributed by atoms with van der Waals surface area (Å²) in [6.07, 6.45) is -13.2. The molecule has 3 rings (SSSR count). The summed E-state index contributed by atoms with van der Waals surface area (Å²) in [7, 11) is 0. The number of carbonyl (C=O) groups is 2. The molecule has 1 atom stereocenters. The number of alkyl halides is 6. The lowest BCUT2D eigenvalue weighted by Gasteiger charge is -2.27. The molecule has 0 fully saturated rings. The number of aromatic nitrogens is 3. The van der Waals surface area contributed by atoms with Gasteiger partial charge in [-0.15, -0.1) is 10.2 Å². The van der Waals surface area contributed by atoms with Crippen LogP contribution < -0.4 is 5.32 Å². The van der Waals surface area contributed by atoms with E-state index in [2.05, 4.69) is 15.2 Å². The molecule has 0 aliphatic carbocycles. The van der Waals surface area contributed by atoms with Crippen molar-refractivity contribution >= 4 is 17.6 Å². The van der Waals surface area contributed by atoms with E-state index in [-0.39, 0.29) is 38.2 Å². The SMILES string of the molecule is O=C(O)Nc1cc(C(F)(F)F)c2nc1-c1nnc(o1)C(O)(C(F)(F)F)CCCCCCC2=O. The van der Waals surface area contributed by atoms with E-state index in [0.717, 1.165) is 0 Å². The van der Waals surface area contributed by atoms with Crippen LogP contribution in [0, 0.1) is 0 Å². The number of Topliss-reactive ketones (excluding diaryl/α,β-unsaturated/α-hetero) is 1. The van der Waals surface area contributed by atoms with Gasteiger partial charge in [0.25, 0.3) is 11.8 Å². The van der Waals surface area contributed by atoms with Gasteiger partial charge in [-0.05, 0) is 25.3 Å². The Hall–Kier alpha value is -3.23. The Morgan fingerprint density at radius 1 is 1.06 bits per heavy atom. The number of aliphatic hydroxyl groups is 1. The van der Waals surface area contributed by atoms with Gasteiger partial charge in [-0.25, -0.2) is 9.78 Å². The Morgan fingerprint density at radius 3 is 2.33 bits per heavy atom. The van der Waals surface area contributed by atoms with Crippen LogP contribution >= 0.6 is 0 Å². The molecule has 15 heteroatoms. The van der Waals surface area contributed by atoms with Crippen molar-refractivity contribution in [2.75, 3.05) is 5.32 Å². The number of anilines is 1. The second-order valence-corrected chi connectivity index (χ2v) is 7.32. The number of hydrogen-bond donors (Lipinski definition) is 3. The number of pyridine rings is 1. The summed E-state index contributed by atoms with van der Waals surface area (Å²) < 4.78 is 86.5. The Kier molecular flexibility index (Phi) is 6.37. The minimum atomic E-state index is -5.23. The van der Waals surface area contributed by atoms with Gasteiger partial charge in [0.2, 0.25) is 5.60 Å². The van der Waals surface area contributed by atoms with E-state index in [4.69, 9.17) is 9.52 Å². The summed E-state index contributed by atoms with van der Waals surface area (Å²) in [6.45, 7) is 0. The zero-order valence-corrected chi connectivity index (χ0v) is 16.5. The maximum Gasteiger partial charge on any atom is 0.426 e. The van der Waals surface area contributed by atoms with Gasteiger partial charge in [0.05, 0.1) is 11.3 Å². The van der Waals surface area contributed by atoms with Gasteiger partial charge in [-0.2, -0.15) is 26.3 Å². The number of carboxylic acid groups (broad SMARTS) is 1. The van der Waals surface area contributed by atoms with E-state index >= 15 is 0 Å². The summed E-state index contributed by atoms with van der Waals surface area (Å²) in [6, 6.07) is 0.273. The van der Waals surface area contributed by atoms with Gasteiger partial charge in [-0.1, -0.05) is 12.8 Å². The molecule has 4 bridgehead atoms. The van der Waals surface area contributed by atoms with Crippen molar-refractivity contribution in [1.29, 1.82) is 0 Å². The summed E-state index contributed by atoms with van der Waals surface area (Å²) in [4.78, 5) is 27.1. The average Bonchev–Trinajstić information content (AvgIpc) is 3.17. The average molecular weight is 482 g/mol. The van der Waals surface area contributed by atoms with Crippen LogP contribution in [0.15, 0.2) is 10.5 Å². The van der Waals surface area contributed by atoms with E-state index in [1.807, 2.05) is 0 Å². The molecule has 0 aromatic carbocycles. The summed E-state index contributed by atoms with van der Waals surface area (Å²) >= 11 is 0. The zero-order valence-electron chi connectivity index (χ0n) is 16.5. The first-order valence-electron chi connectivity index (χ1n) is 9.53. The third-order valence-electron chi connectivity index (χ3n) is 4.98. The molecular formula is C18H16F6N4O5. The number of rotatable bonds is 1. The van der Waals surface area contributed by atoms with Crippen LogP contribution in [-0.4, -0.2) is 43.4 Å². The van der Waals surface area contributed by atoms with Crippen LogP contribution in [0.3, 0.4) is 0 Å². The molecule has 1 aliphatic heterocycles. The predicted molar refractivity (Wildman–Crippen MR) is 96.2 cm³/mol. The van der Waals surface area contributed by atoms with Crippen LogP contribution in [0.5, 0.6) is 0 Å². The van der Waals surface area contributed by atoms with Crippen molar-refractivity contribution in [3.05, 3.63) is 23.2 Å². The normalized spacial score (nSPS) is 20.3. The molecule has 33 heavy (non-hydrogen) atoms. The largest absolute Gasteiger partial charge is 0.465 e. The maximum atomic E-state index is 13.6. The fourth-order valence-corrected chi connectivity index (χ4v) is 3.31. The lowest BCUT2D eigenvalue weighted by atomic mass is 9.94. The molecule has 3 N–H and O–H groups in total. The number of carbonyl (C=O) groups excluding carboxylic acids is 1. The minimum Gasteiger partial charge on any atom is -0.465 e. The molecule has 180 valence electrons. The van der Waals surface area contributed by atoms with Gasteiger partial charge in [0.1, 0.15) is 5.69 Å². The van der Waals surface area contributed by atoms with Crippen molar-refractivity contribution in [2.45, 2.75) is 56.5 Å². The fourth-order valence-electron chi connectivity index (χ4n) is 3.31. The maximum absolute atomic E-state index is 13.6. The van der Waals surface area contributed by atoms with Crippen LogP contribution in [0.2, 0.25) is 0 Å². The number of ketones is 1. The number of nitrogens with one attached hydrogen (secondary N) is 1. The van der Waals surface area contributed by atoms with E-state index in [9.17, 15) is 41.0 Å². The first-order chi connectivity index (χ1) is 15.2. The summed E-state index contributed by atoms with van der Waals surface area (Å²) in [5.41, 5.74) is -7.82. The lowest BCUT2D eigenvalue weighted by Crippen LogP contribution is -2.42. The van der Waals surface area contributed by atoms with Gasteiger partial charge in [0.15, 0.2) is 11.5 Å². The molecule has 2 aromatic rings. The Bertz CT molecular complexity index is 1070. The number of nitrogens with zero attached hydrogens (tertiary/aromatic N) is 3. The van der Waals surface area contributed by atoms with Crippen molar-refractivity contribution in [3.8, 4) is 11.6 Å². The van der Waals surface area contributed by atoms with Crippen molar-refractivity contribution < 1.29 is 50.6 Å². The minimum absolute atomic E-state index is 0.0606. The molecule has 2 aromatic heterocycles. The van der Waals surface area contributed by atoms with E-state index in [1.165, 1.54) is 0 Å². The highest BCUT2D eigenvalue weighted by Gasteiger charge is 2.58. The number of hydrogen-bond acceptors (Lipinski definition) is 7. The fraction of sp³-hybridized carbons (Fsp3) is 0.500. The molecule has 0 radical (unpaired) electrons. The van der Waals surface area contributed by atoms with Crippen LogP contribution in [-0.2, 0) is 11.8 Å². The first-order valence-corrected chi connectivity index (χ1v) is 9.53. The molecular weight excluding hydrogens is 466 g/mol. The third-order valence-corrected chi connectivity index (χ3v) is 4.98. The van der Waals surface area contributed by atoms with Crippen LogP contribution in [0.1, 0.15) is 60.5 Å². The van der Waals surface area contributed by atoms with Gasteiger partial charge in [0, 0.05) is 6.42 Å². The molecule has 1 aliphatic rings. The Morgan fingerprint density at radius 2 is 1.73 bits per heavy atom. The standard InChI is InChI=1S/C18H16F6N4O5/c19-17(20,21)8-7-9(25-15(30)31)12-13-27-28-14(33-13)16(32,18(22,23)24)6-4-2-1-3-5-10(29)11(8)26-12/h7,25,32H,1-6H2,(H,30,31). The number of halogens is 6. The predicted octanol–water partition coefficient (Wildman–Crippen LogP) is 4.53. The van der Waals surface area contributed by atoms with Gasteiger partial charge in [-0.3, -0.25) is 10.1 Å². The van der Waals surface area contributed by atoms with E-state index < -0.39 is 70.7 Å². The van der Waals surface area contributed by atoms with Crippen molar-refractivity contribution in [3.63, 3.8) is 0 Å². The van der Waals surface area contributed by atoms with E-state index in [1.54, 1.807) is 5.32 Å². The van der Waals surface area contributed by atoms with Gasteiger partial charge < -0.3 is 14.6 Å². The first kappa shape index (κ1) is 24.4. The topological polar surface area (TPSA) is 138 Å². The molecule has 0 saturated heterocycles. The van der Waals surface area contributed by atoms with E-state index in [0.29, 0.717) is 0 Å². The summed E-state index contributed by atoms with van der Waals surface area (Å²) in [5, 5.41) is 27.4. The molecule has 0 saturated carbocycles. The third kappa shape index (κ3) is 4.91. The highest BCUT2D eigenvalue weighted by molar-refractivity contribution is 5.98. The lowest BCUT2D eigenvalue weighted by molar-refractivity contribution is -0.277. The van der Waals surface area contributed by atoms with Crippen LogP contribution in [0.25, 0.3) is 11.6 Å². The highest BCUT2D eigenvalue weighted by atomic mass is 19.4. The second kappa shape index (κ2) is 8.61. The molecule has 1 unspecified atom stereocenters. The quantitative estimate of drug-likeness (QED) is 0.504. The van der Waals surface area contributed by atoms with Crippen molar-refractivity contribution in [2.24, 2.45) is 0 Å². The molecule has 1 amide bonds.